The summed E-state index contributed by atoms with van der Waals surface area (Å²) >= 11 is 0. The van der Waals surface area contributed by atoms with E-state index in [9.17, 15) is 8.42 Å². The third kappa shape index (κ3) is 4.40. The maximum atomic E-state index is 13.4. The molecule has 3 aromatic carbocycles. The Morgan fingerprint density at radius 3 is 2.29 bits per heavy atom. The molecule has 0 aliphatic carbocycles. The number of hydrogen-bond acceptors (Lipinski definition) is 5. The van der Waals surface area contributed by atoms with E-state index in [4.69, 9.17) is 9.47 Å². The molecule has 0 unspecified atom stereocenters. The van der Waals surface area contributed by atoms with Gasteiger partial charge in [0.1, 0.15) is 0 Å². The number of rotatable bonds is 6. The average Bonchev–Trinajstić information content (AvgIpc) is 2.87. The third-order valence-electron chi connectivity index (χ3n) is 7.25. The first-order valence-corrected chi connectivity index (χ1v) is 13.4. The Labute approximate surface area is 202 Å². The van der Waals surface area contributed by atoms with Crippen molar-refractivity contribution in [3.8, 4) is 11.5 Å². The van der Waals surface area contributed by atoms with E-state index >= 15 is 0 Å². The number of ether oxygens (including phenoxy) is 2. The van der Waals surface area contributed by atoms with E-state index in [1.807, 2.05) is 36.4 Å². The number of sulfonamides is 1. The molecule has 5 rings (SSSR count). The van der Waals surface area contributed by atoms with Gasteiger partial charge in [0.05, 0.1) is 19.1 Å². The first-order chi connectivity index (χ1) is 16.5. The van der Waals surface area contributed by atoms with Crippen molar-refractivity contribution < 1.29 is 17.9 Å². The van der Waals surface area contributed by atoms with Gasteiger partial charge in [-0.3, -0.25) is 4.90 Å². The van der Waals surface area contributed by atoms with Crippen molar-refractivity contribution >= 4 is 20.8 Å². The smallest absolute Gasteiger partial charge is 0.243 e. The Morgan fingerprint density at radius 1 is 0.882 bits per heavy atom. The number of piperidine rings is 1. The van der Waals surface area contributed by atoms with Crippen LogP contribution in [0.2, 0.25) is 0 Å². The molecule has 6 nitrogen and oxygen atoms in total. The van der Waals surface area contributed by atoms with E-state index in [1.54, 1.807) is 24.6 Å². The average molecular weight is 481 g/mol. The fraction of sp³-hybridized carbons (Fsp3) is 0.407. The topological polar surface area (TPSA) is 59.1 Å². The number of nitrogens with zero attached hydrogens (tertiary/aromatic N) is 2. The quantitative estimate of drug-likeness (QED) is 0.526. The molecule has 0 saturated carbocycles. The van der Waals surface area contributed by atoms with Crippen LogP contribution in [0.25, 0.3) is 10.8 Å². The van der Waals surface area contributed by atoms with Gasteiger partial charge in [0.15, 0.2) is 11.5 Å². The molecular weight excluding hydrogens is 448 g/mol. The second-order valence-electron chi connectivity index (χ2n) is 9.29. The summed E-state index contributed by atoms with van der Waals surface area (Å²) in [5.74, 6) is 2.06. The van der Waals surface area contributed by atoms with Gasteiger partial charge in [-0.15, -0.1) is 0 Å². The van der Waals surface area contributed by atoms with Gasteiger partial charge in [-0.1, -0.05) is 36.4 Å². The van der Waals surface area contributed by atoms with Crippen LogP contribution in [0.4, 0.5) is 0 Å². The fourth-order valence-electron chi connectivity index (χ4n) is 5.35. The molecule has 3 aromatic rings. The van der Waals surface area contributed by atoms with Gasteiger partial charge >= 0.3 is 0 Å². The van der Waals surface area contributed by atoms with Gasteiger partial charge in [-0.25, -0.2) is 8.42 Å². The van der Waals surface area contributed by atoms with Crippen LogP contribution in [0, 0.1) is 5.92 Å². The Kier molecular flexibility index (Phi) is 6.51. The zero-order valence-corrected chi connectivity index (χ0v) is 20.7. The summed E-state index contributed by atoms with van der Waals surface area (Å²) in [5, 5.41) is 1.75. The Balaban J connectivity index is 1.23. The molecule has 0 bridgehead atoms. The first-order valence-electron chi connectivity index (χ1n) is 11.9. The molecule has 180 valence electrons. The van der Waals surface area contributed by atoms with Gasteiger partial charge in [0, 0.05) is 38.1 Å². The lowest BCUT2D eigenvalue weighted by Gasteiger charge is -2.36. The Hall–Kier alpha value is -2.61. The van der Waals surface area contributed by atoms with E-state index in [0.717, 1.165) is 61.2 Å². The molecule has 2 aliphatic rings. The summed E-state index contributed by atoms with van der Waals surface area (Å²) < 4.78 is 39.5. The summed E-state index contributed by atoms with van der Waals surface area (Å²) in [6, 6.07) is 17.4. The molecule has 34 heavy (non-hydrogen) atoms. The standard InChI is InChI=1S/C27H32N2O4S/c1-32-25-16-22-12-13-28(19-23(22)17-26(25)33-2)18-20-10-14-29(15-11-20)34(30,31)27-9-5-7-21-6-3-4-8-24(21)27/h3-9,16-17,20H,10-15,18-19H2,1-2H3. The monoisotopic (exact) mass is 480 g/mol. The van der Waals surface area contributed by atoms with Crippen molar-refractivity contribution in [1.29, 1.82) is 0 Å². The largest absolute Gasteiger partial charge is 0.493 e. The van der Waals surface area contributed by atoms with Crippen molar-refractivity contribution in [2.45, 2.75) is 30.7 Å². The molecule has 0 N–H and O–H groups in total. The normalized spacial score (nSPS) is 18.1. The van der Waals surface area contributed by atoms with Gasteiger partial charge < -0.3 is 9.47 Å². The maximum Gasteiger partial charge on any atom is 0.243 e. The van der Waals surface area contributed by atoms with E-state index in [1.165, 1.54) is 11.1 Å². The minimum atomic E-state index is -3.51. The van der Waals surface area contributed by atoms with Gasteiger partial charge in [-0.2, -0.15) is 4.31 Å². The highest BCUT2D eigenvalue weighted by Gasteiger charge is 2.31. The molecule has 0 amide bonds. The molecule has 2 aliphatic heterocycles. The first kappa shape index (κ1) is 23.1. The van der Waals surface area contributed by atoms with Gasteiger partial charge in [0.25, 0.3) is 0 Å². The summed E-state index contributed by atoms with van der Waals surface area (Å²) in [6.45, 7) is 4.05. The van der Waals surface area contributed by atoms with E-state index in [0.29, 0.717) is 23.9 Å². The van der Waals surface area contributed by atoms with Crippen LogP contribution in [0.5, 0.6) is 11.5 Å². The van der Waals surface area contributed by atoms with Crippen molar-refractivity contribution in [2.24, 2.45) is 5.92 Å². The number of benzene rings is 3. The number of methoxy groups -OCH3 is 2. The van der Waals surface area contributed by atoms with Crippen LogP contribution in [-0.4, -0.2) is 58.0 Å². The number of fused-ring (bicyclic) bond motifs is 2. The van der Waals surface area contributed by atoms with E-state index in [2.05, 4.69) is 17.0 Å². The molecular formula is C27H32N2O4S. The lowest BCUT2D eigenvalue weighted by molar-refractivity contribution is 0.171. The predicted molar refractivity (Wildman–Crippen MR) is 134 cm³/mol. The zero-order chi connectivity index (χ0) is 23.7. The molecule has 0 atom stereocenters. The van der Waals surface area contributed by atoms with Gasteiger partial charge in [-0.05, 0) is 59.9 Å². The fourth-order valence-corrected chi connectivity index (χ4v) is 7.04. The number of hydrogen-bond donors (Lipinski definition) is 0. The summed E-state index contributed by atoms with van der Waals surface area (Å²) in [7, 11) is -0.161. The van der Waals surface area contributed by atoms with Crippen LogP contribution in [0.15, 0.2) is 59.5 Å². The minimum Gasteiger partial charge on any atom is -0.493 e. The van der Waals surface area contributed by atoms with E-state index < -0.39 is 10.0 Å². The second-order valence-corrected chi connectivity index (χ2v) is 11.2. The molecule has 0 aromatic heterocycles. The van der Waals surface area contributed by atoms with Crippen molar-refractivity contribution in [1.82, 2.24) is 9.21 Å². The predicted octanol–water partition coefficient (Wildman–Crippen LogP) is 4.32. The van der Waals surface area contributed by atoms with Crippen LogP contribution >= 0.6 is 0 Å². The molecule has 7 heteroatoms. The van der Waals surface area contributed by atoms with E-state index in [-0.39, 0.29) is 0 Å². The Morgan fingerprint density at radius 2 is 1.56 bits per heavy atom. The minimum absolute atomic E-state index is 0.418. The van der Waals surface area contributed by atoms with Crippen LogP contribution in [0.3, 0.4) is 0 Å². The molecule has 0 spiro atoms. The van der Waals surface area contributed by atoms with Gasteiger partial charge in [0.2, 0.25) is 10.0 Å². The van der Waals surface area contributed by atoms with Crippen molar-refractivity contribution in [3.05, 3.63) is 65.7 Å². The van der Waals surface area contributed by atoms with Crippen LogP contribution in [-0.2, 0) is 23.0 Å². The zero-order valence-electron chi connectivity index (χ0n) is 19.9. The Bertz CT molecular complexity index is 1280. The molecule has 2 heterocycles. The highest BCUT2D eigenvalue weighted by Crippen LogP contribution is 2.34. The van der Waals surface area contributed by atoms with Crippen molar-refractivity contribution in [2.75, 3.05) is 40.4 Å². The van der Waals surface area contributed by atoms with Crippen LogP contribution < -0.4 is 9.47 Å². The van der Waals surface area contributed by atoms with Crippen molar-refractivity contribution in [3.63, 3.8) is 0 Å². The lowest BCUT2D eigenvalue weighted by atomic mass is 9.94. The maximum absolute atomic E-state index is 13.4. The van der Waals surface area contributed by atoms with Crippen LogP contribution in [0.1, 0.15) is 24.0 Å². The second kappa shape index (κ2) is 9.56. The lowest BCUT2D eigenvalue weighted by Crippen LogP contribution is -2.42. The SMILES string of the molecule is COc1cc2c(cc1OC)CN(CC1CCN(S(=O)(=O)c3cccc4ccccc34)CC1)CC2. The summed E-state index contributed by atoms with van der Waals surface area (Å²) in [5.41, 5.74) is 2.62. The molecule has 1 saturated heterocycles. The highest BCUT2D eigenvalue weighted by atomic mass is 32.2. The molecule has 0 radical (unpaired) electrons. The highest BCUT2D eigenvalue weighted by molar-refractivity contribution is 7.89. The summed E-state index contributed by atoms with van der Waals surface area (Å²) in [4.78, 5) is 2.91. The molecule has 1 fully saturated rings. The summed E-state index contributed by atoms with van der Waals surface area (Å²) in [6.07, 6.45) is 2.77. The third-order valence-corrected chi connectivity index (χ3v) is 9.21.